The van der Waals surface area contributed by atoms with E-state index in [4.69, 9.17) is 0 Å². The first-order chi connectivity index (χ1) is 10.2. The van der Waals surface area contributed by atoms with Gasteiger partial charge in [0.05, 0.1) is 22.8 Å². The normalized spacial score (nSPS) is 20.0. The maximum absolute atomic E-state index is 12.5. The summed E-state index contributed by atoms with van der Waals surface area (Å²) in [6.07, 6.45) is 1.40. The van der Waals surface area contributed by atoms with Gasteiger partial charge in [-0.25, -0.2) is 21.6 Å². The zero-order chi connectivity index (χ0) is 16.5. The second-order valence-electron chi connectivity index (χ2n) is 5.12. The molecule has 0 radical (unpaired) electrons. The molecule has 1 unspecified atom stereocenters. The van der Waals surface area contributed by atoms with Crippen molar-refractivity contribution in [1.29, 1.82) is 0 Å². The number of methoxy groups -OCH3 is 1. The molecule has 1 aromatic carbocycles. The maximum Gasteiger partial charge on any atom is 0.337 e. The predicted octanol–water partition coefficient (Wildman–Crippen LogP) is 0.281. The molecule has 1 aliphatic rings. The molecule has 2 rings (SSSR count). The van der Waals surface area contributed by atoms with Gasteiger partial charge in [-0.2, -0.15) is 4.31 Å². The summed E-state index contributed by atoms with van der Waals surface area (Å²) >= 11 is 0. The SMILES string of the molecule is COC(=O)c1ccc(S(=O)(=O)N2CCC(S(C)(=O)=O)C2)cc1. The highest BCUT2D eigenvalue weighted by molar-refractivity contribution is 7.91. The van der Waals surface area contributed by atoms with Crippen molar-refractivity contribution in [3.63, 3.8) is 0 Å². The van der Waals surface area contributed by atoms with Gasteiger partial charge >= 0.3 is 5.97 Å². The number of carbonyl (C=O) groups excluding carboxylic acids is 1. The summed E-state index contributed by atoms with van der Waals surface area (Å²) in [5.41, 5.74) is 0.247. The van der Waals surface area contributed by atoms with Crippen molar-refractivity contribution in [3.05, 3.63) is 29.8 Å². The lowest BCUT2D eigenvalue weighted by Gasteiger charge is -2.16. The third-order valence-corrected chi connectivity index (χ3v) is 7.10. The molecule has 9 heteroatoms. The predicted molar refractivity (Wildman–Crippen MR) is 79.8 cm³/mol. The summed E-state index contributed by atoms with van der Waals surface area (Å²) in [6.45, 7) is 0.124. The van der Waals surface area contributed by atoms with Crippen LogP contribution in [-0.4, -0.2) is 58.8 Å². The van der Waals surface area contributed by atoms with Gasteiger partial charge in [0.25, 0.3) is 0 Å². The van der Waals surface area contributed by atoms with Gasteiger partial charge in [0, 0.05) is 19.3 Å². The Morgan fingerprint density at radius 1 is 1.18 bits per heavy atom. The lowest BCUT2D eigenvalue weighted by molar-refractivity contribution is 0.0600. The third-order valence-electron chi connectivity index (χ3n) is 3.63. The Labute approximate surface area is 129 Å². The van der Waals surface area contributed by atoms with Crippen molar-refractivity contribution in [2.45, 2.75) is 16.6 Å². The molecular formula is C13H17NO6S2. The van der Waals surface area contributed by atoms with E-state index < -0.39 is 31.1 Å². The van der Waals surface area contributed by atoms with Crippen LogP contribution in [0.2, 0.25) is 0 Å². The van der Waals surface area contributed by atoms with Gasteiger partial charge in [-0.3, -0.25) is 0 Å². The number of ether oxygens (including phenoxy) is 1. The number of sulfonamides is 1. The van der Waals surface area contributed by atoms with E-state index in [-0.39, 0.29) is 30.0 Å². The number of benzene rings is 1. The first-order valence-electron chi connectivity index (χ1n) is 6.53. The molecule has 0 aromatic heterocycles. The van der Waals surface area contributed by atoms with Crippen LogP contribution >= 0.6 is 0 Å². The van der Waals surface area contributed by atoms with Crippen LogP contribution in [0.3, 0.4) is 0 Å². The summed E-state index contributed by atoms with van der Waals surface area (Å²) in [5.74, 6) is -0.553. The van der Waals surface area contributed by atoms with E-state index in [0.717, 1.165) is 10.6 Å². The molecule has 22 heavy (non-hydrogen) atoms. The molecule has 0 saturated carbocycles. The van der Waals surface area contributed by atoms with Crippen molar-refractivity contribution >= 4 is 25.8 Å². The second-order valence-corrected chi connectivity index (χ2v) is 9.38. The van der Waals surface area contributed by atoms with Crippen LogP contribution < -0.4 is 0 Å². The first-order valence-corrected chi connectivity index (χ1v) is 9.93. The smallest absolute Gasteiger partial charge is 0.337 e. The van der Waals surface area contributed by atoms with Crippen LogP contribution in [0.15, 0.2) is 29.2 Å². The molecule has 1 fully saturated rings. The van der Waals surface area contributed by atoms with E-state index in [9.17, 15) is 21.6 Å². The molecule has 0 bridgehead atoms. The Balaban J connectivity index is 2.23. The van der Waals surface area contributed by atoms with E-state index in [1.54, 1.807) is 0 Å². The average Bonchev–Trinajstić information content (AvgIpc) is 2.97. The molecule has 7 nitrogen and oxygen atoms in total. The van der Waals surface area contributed by atoms with E-state index in [1.807, 2.05) is 0 Å². The zero-order valence-corrected chi connectivity index (χ0v) is 13.9. The van der Waals surface area contributed by atoms with Crippen molar-refractivity contribution in [2.24, 2.45) is 0 Å². The summed E-state index contributed by atoms with van der Waals surface area (Å²) in [5, 5.41) is -0.670. The van der Waals surface area contributed by atoms with Gasteiger partial charge in [-0.1, -0.05) is 0 Å². The maximum atomic E-state index is 12.5. The van der Waals surface area contributed by atoms with Crippen molar-refractivity contribution in [3.8, 4) is 0 Å². The van der Waals surface area contributed by atoms with Crippen molar-refractivity contribution < 1.29 is 26.4 Å². The fourth-order valence-corrected chi connectivity index (χ4v) is 4.87. The highest BCUT2D eigenvalue weighted by Crippen LogP contribution is 2.24. The summed E-state index contributed by atoms with van der Waals surface area (Å²) < 4.78 is 53.7. The molecule has 1 aliphatic heterocycles. The monoisotopic (exact) mass is 347 g/mol. The Morgan fingerprint density at radius 3 is 2.23 bits per heavy atom. The molecule has 0 aliphatic carbocycles. The summed E-state index contributed by atoms with van der Waals surface area (Å²) in [7, 11) is -5.79. The molecule has 0 N–H and O–H groups in total. The third kappa shape index (κ3) is 3.31. The molecule has 1 atom stereocenters. The molecular weight excluding hydrogens is 330 g/mol. The van der Waals surface area contributed by atoms with Gasteiger partial charge < -0.3 is 4.74 Å². The van der Waals surface area contributed by atoms with Gasteiger partial charge in [-0.05, 0) is 30.7 Å². The van der Waals surface area contributed by atoms with Crippen LogP contribution in [0.5, 0.6) is 0 Å². The van der Waals surface area contributed by atoms with E-state index in [2.05, 4.69) is 4.74 Å². The van der Waals surface area contributed by atoms with Gasteiger partial charge in [0.2, 0.25) is 10.0 Å². The molecule has 1 heterocycles. The molecule has 122 valence electrons. The molecule has 1 aromatic rings. The van der Waals surface area contributed by atoms with Crippen LogP contribution in [-0.2, 0) is 24.6 Å². The lowest BCUT2D eigenvalue weighted by Crippen LogP contribution is -2.31. The number of esters is 1. The van der Waals surface area contributed by atoms with Crippen LogP contribution in [0, 0.1) is 0 Å². The topological polar surface area (TPSA) is 97.8 Å². The molecule has 1 saturated heterocycles. The highest BCUT2D eigenvalue weighted by Gasteiger charge is 2.36. The van der Waals surface area contributed by atoms with Gasteiger partial charge in [-0.15, -0.1) is 0 Å². The number of hydrogen-bond donors (Lipinski definition) is 0. The Hall–Kier alpha value is -1.45. The molecule has 0 amide bonds. The lowest BCUT2D eigenvalue weighted by atomic mass is 10.2. The number of rotatable bonds is 4. The fraction of sp³-hybridized carbons (Fsp3) is 0.462. The standard InChI is InChI=1S/C13H17NO6S2/c1-20-13(15)10-3-5-11(6-4-10)22(18,19)14-8-7-12(9-14)21(2,16)17/h3-6,12H,7-9H2,1-2H3. The Bertz CT molecular complexity index is 767. The number of sulfone groups is 1. The minimum atomic E-state index is -3.76. The quantitative estimate of drug-likeness (QED) is 0.726. The van der Waals surface area contributed by atoms with Crippen LogP contribution in [0.1, 0.15) is 16.8 Å². The van der Waals surface area contributed by atoms with Gasteiger partial charge in [0.15, 0.2) is 9.84 Å². The first kappa shape index (κ1) is 16.9. The minimum Gasteiger partial charge on any atom is -0.465 e. The van der Waals surface area contributed by atoms with Gasteiger partial charge in [0.1, 0.15) is 0 Å². The number of hydrogen-bond acceptors (Lipinski definition) is 6. The second kappa shape index (κ2) is 5.98. The van der Waals surface area contributed by atoms with Crippen LogP contribution in [0.4, 0.5) is 0 Å². The highest BCUT2D eigenvalue weighted by atomic mass is 32.2. The Morgan fingerprint density at radius 2 is 1.77 bits per heavy atom. The van der Waals surface area contributed by atoms with Crippen molar-refractivity contribution in [1.82, 2.24) is 4.31 Å². The van der Waals surface area contributed by atoms with E-state index in [1.165, 1.54) is 31.4 Å². The van der Waals surface area contributed by atoms with Crippen LogP contribution in [0.25, 0.3) is 0 Å². The zero-order valence-electron chi connectivity index (χ0n) is 12.2. The number of nitrogens with zero attached hydrogens (tertiary/aromatic N) is 1. The number of carbonyl (C=O) groups is 1. The minimum absolute atomic E-state index is 0.0225. The van der Waals surface area contributed by atoms with Crippen molar-refractivity contribution in [2.75, 3.05) is 26.5 Å². The Kier molecular flexibility index (Phi) is 4.59. The summed E-state index contributed by atoms with van der Waals surface area (Å²) in [6, 6.07) is 5.36. The van der Waals surface area contributed by atoms with E-state index >= 15 is 0 Å². The largest absolute Gasteiger partial charge is 0.465 e. The van der Waals surface area contributed by atoms with E-state index in [0.29, 0.717) is 0 Å². The average molecular weight is 347 g/mol. The summed E-state index contributed by atoms with van der Waals surface area (Å²) in [4.78, 5) is 11.4. The fourth-order valence-electron chi connectivity index (χ4n) is 2.30. The molecule has 0 spiro atoms.